The molecule has 0 aromatic heterocycles. The number of methoxy groups -OCH3 is 2. The Morgan fingerprint density at radius 3 is 1.84 bits per heavy atom. The van der Waals surface area contributed by atoms with E-state index in [2.05, 4.69) is 10.6 Å². The van der Waals surface area contributed by atoms with Gasteiger partial charge in [-0.05, 0) is 42.2 Å². The first-order valence-corrected chi connectivity index (χ1v) is 9.70. The summed E-state index contributed by atoms with van der Waals surface area (Å²) in [5.41, 5.74) is 1.92. The van der Waals surface area contributed by atoms with E-state index in [0.29, 0.717) is 19.5 Å². The minimum Gasteiger partial charge on any atom is -0.497 e. The van der Waals surface area contributed by atoms with Crippen molar-refractivity contribution in [3.63, 3.8) is 0 Å². The van der Waals surface area contributed by atoms with Crippen LogP contribution in [0.15, 0.2) is 42.5 Å². The topological polar surface area (TPSA) is 120 Å². The third-order valence-electron chi connectivity index (χ3n) is 4.17. The molecule has 0 radical (unpaired) electrons. The Hall–Kier alpha value is -3.62. The Kier molecular flexibility index (Phi) is 11.1. The normalized spacial score (nSPS) is 9.68. The maximum atomic E-state index is 10.8. The van der Waals surface area contributed by atoms with Crippen molar-refractivity contribution in [1.29, 1.82) is 0 Å². The Bertz CT molecular complexity index is 868. The van der Waals surface area contributed by atoms with Gasteiger partial charge in [0.05, 0.1) is 19.1 Å². The molecular weight excluding hydrogens is 402 g/mol. The highest BCUT2D eigenvalue weighted by Gasteiger charge is 2.14. The fraction of sp³-hybridized carbons (Fsp3) is 0.364. The molecule has 2 aromatic carbocycles. The first kappa shape index (κ1) is 25.4. The van der Waals surface area contributed by atoms with Crippen molar-refractivity contribution in [3.05, 3.63) is 63.7 Å². The fourth-order valence-corrected chi connectivity index (χ4v) is 2.59. The van der Waals surface area contributed by atoms with E-state index >= 15 is 0 Å². The van der Waals surface area contributed by atoms with Crippen LogP contribution in [0.5, 0.6) is 11.5 Å². The van der Waals surface area contributed by atoms with Crippen molar-refractivity contribution in [1.82, 2.24) is 10.6 Å². The summed E-state index contributed by atoms with van der Waals surface area (Å²) >= 11 is 0. The van der Waals surface area contributed by atoms with Gasteiger partial charge in [-0.15, -0.1) is 0 Å². The van der Waals surface area contributed by atoms with E-state index in [-0.39, 0.29) is 23.3 Å². The summed E-state index contributed by atoms with van der Waals surface area (Å²) in [5, 5.41) is 16.2. The van der Waals surface area contributed by atoms with Crippen LogP contribution in [0.3, 0.4) is 0 Å². The van der Waals surface area contributed by atoms with Crippen LogP contribution < -0.4 is 20.1 Å². The summed E-state index contributed by atoms with van der Waals surface area (Å²) in [7, 11) is 3.03. The lowest BCUT2D eigenvalue weighted by Gasteiger charge is -2.05. The van der Waals surface area contributed by atoms with Crippen molar-refractivity contribution < 1.29 is 24.0 Å². The molecule has 31 heavy (non-hydrogen) atoms. The number of amides is 2. The second-order valence-corrected chi connectivity index (χ2v) is 6.58. The first-order chi connectivity index (χ1) is 14.8. The Morgan fingerprint density at radius 1 is 0.871 bits per heavy atom. The van der Waals surface area contributed by atoms with Gasteiger partial charge in [0.1, 0.15) is 5.75 Å². The van der Waals surface area contributed by atoms with Gasteiger partial charge in [-0.3, -0.25) is 19.7 Å². The number of hydrogen-bond acceptors (Lipinski definition) is 6. The highest BCUT2D eigenvalue weighted by Crippen LogP contribution is 2.27. The number of rotatable bonds is 9. The van der Waals surface area contributed by atoms with Gasteiger partial charge in [0.15, 0.2) is 5.75 Å². The molecule has 0 bridgehead atoms. The van der Waals surface area contributed by atoms with Crippen molar-refractivity contribution in [2.24, 2.45) is 0 Å². The number of benzene rings is 2. The van der Waals surface area contributed by atoms with Crippen LogP contribution in [0.4, 0.5) is 5.69 Å². The molecule has 2 N–H and O–H groups in total. The number of nitrogens with zero attached hydrogens (tertiary/aromatic N) is 1. The van der Waals surface area contributed by atoms with Crippen LogP contribution in [0.2, 0.25) is 0 Å². The van der Waals surface area contributed by atoms with Gasteiger partial charge in [-0.25, -0.2) is 0 Å². The van der Waals surface area contributed by atoms with Crippen LogP contribution in [-0.2, 0) is 22.4 Å². The number of carbonyl (C=O) groups is 2. The lowest BCUT2D eigenvalue weighted by molar-refractivity contribution is -0.385. The van der Waals surface area contributed by atoms with Crippen LogP contribution in [0.25, 0.3) is 0 Å². The molecule has 0 unspecified atom stereocenters. The molecule has 0 aliphatic carbocycles. The number of nitro benzene ring substituents is 1. The molecule has 9 heteroatoms. The van der Waals surface area contributed by atoms with Gasteiger partial charge in [0.25, 0.3) is 0 Å². The molecule has 0 aliphatic rings. The quantitative estimate of drug-likeness (QED) is 0.465. The summed E-state index contributed by atoms with van der Waals surface area (Å²) in [6.45, 7) is 4.09. The van der Waals surface area contributed by atoms with Gasteiger partial charge < -0.3 is 20.1 Å². The van der Waals surface area contributed by atoms with E-state index in [1.807, 2.05) is 24.3 Å². The summed E-state index contributed by atoms with van der Waals surface area (Å²) in [6, 6.07) is 12.6. The van der Waals surface area contributed by atoms with Gasteiger partial charge in [0, 0.05) is 33.0 Å². The predicted octanol–water partition coefficient (Wildman–Crippen LogP) is 2.66. The van der Waals surface area contributed by atoms with Gasteiger partial charge in [-0.1, -0.05) is 18.2 Å². The monoisotopic (exact) mass is 431 g/mol. The molecule has 0 aliphatic heterocycles. The van der Waals surface area contributed by atoms with E-state index in [9.17, 15) is 19.7 Å². The molecule has 2 aromatic rings. The molecule has 9 nitrogen and oxygen atoms in total. The molecular formula is C22H29N3O6. The minimum absolute atomic E-state index is 0.0125. The second-order valence-electron chi connectivity index (χ2n) is 6.58. The summed E-state index contributed by atoms with van der Waals surface area (Å²) < 4.78 is 9.94. The van der Waals surface area contributed by atoms with Gasteiger partial charge in [-0.2, -0.15) is 0 Å². The molecule has 2 rings (SSSR count). The highest BCUT2D eigenvalue weighted by atomic mass is 16.6. The largest absolute Gasteiger partial charge is 0.497 e. The number of nitro groups is 1. The van der Waals surface area contributed by atoms with Gasteiger partial charge >= 0.3 is 5.69 Å². The zero-order chi connectivity index (χ0) is 23.2. The van der Waals surface area contributed by atoms with E-state index in [1.165, 1.54) is 32.6 Å². The molecule has 0 spiro atoms. The molecule has 0 saturated carbocycles. The van der Waals surface area contributed by atoms with E-state index in [4.69, 9.17) is 9.47 Å². The Labute approximate surface area is 181 Å². The minimum atomic E-state index is -0.485. The standard InChI is InChI=1S/C11H14N2O4.C11H15NO2/c1-8(14)12-6-5-9-3-4-11(17-2)10(7-9)13(15)16;1-9(13)12-8-7-10-3-5-11(14-2)6-4-10/h3-4,7H,5-6H2,1-2H3,(H,12,14);3-6H,7-8H2,1-2H3,(H,12,13). The van der Waals surface area contributed by atoms with E-state index < -0.39 is 4.92 Å². The molecule has 0 heterocycles. The van der Waals surface area contributed by atoms with Crippen LogP contribution in [-0.4, -0.2) is 44.0 Å². The van der Waals surface area contributed by atoms with Crippen LogP contribution in [0, 0.1) is 10.1 Å². The smallest absolute Gasteiger partial charge is 0.311 e. The SMILES string of the molecule is COc1ccc(CCNC(C)=O)cc1.COc1ccc(CCNC(C)=O)cc1[N+](=O)[O-]. The van der Waals surface area contributed by atoms with Gasteiger partial charge in [0.2, 0.25) is 11.8 Å². The van der Waals surface area contributed by atoms with Crippen molar-refractivity contribution in [2.45, 2.75) is 26.7 Å². The van der Waals surface area contributed by atoms with Crippen molar-refractivity contribution in [3.8, 4) is 11.5 Å². The average molecular weight is 431 g/mol. The Morgan fingerprint density at radius 2 is 1.39 bits per heavy atom. The van der Waals surface area contributed by atoms with Crippen LogP contribution >= 0.6 is 0 Å². The zero-order valence-corrected chi connectivity index (χ0v) is 18.3. The van der Waals surface area contributed by atoms with Crippen LogP contribution in [0.1, 0.15) is 25.0 Å². The van der Waals surface area contributed by atoms with Crippen molar-refractivity contribution in [2.75, 3.05) is 27.3 Å². The summed E-state index contributed by atoms with van der Waals surface area (Å²) in [6.07, 6.45) is 1.40. The summed E-state index contributed by atoms with van der Waals surface area (Å²) in [4.78, 5) is 31.6. The Balaban J connectivity index is 0.000000316. The molecule has 168 valence electrons. The lowest BCUT2D eigenvalue weighted by atomic mass is 10.1. The zero-order valence-electron chi connectivity index (χ0n) is 18.3. The molecule has 0 atom stereocenters. The number of hydrogen-bond donors (Lipinski definition) is 2. The fourth-order valence-electron chi connectivity index (χ4n) is 2.59. The summed E-state index contributed by atoms with van der Waals surface area (Å²) in [5.74, 6) is 0.984. The molecule has 0 saturated heterocycles. The first-order valence-electron chi connectivity index (χ1n) is 9.70. The lowest BCUT2D eigenvalue weighted by Crippen LogP contribution is -2.22. The number of ether oxygens (including phenoxy) is 2. The highest BCUT2D eigenvalue weighted by molar-refractivity contribution is 5.73. The number of carbonyl (C=O) groups excluding carboxylic acids is 2. The third kappa shape index (κ3) is 10.1. The molecule has 0 fully saturated rings. The van der Waals surface area contributed by atoms with E-state index in [0.717, 1.165) is 17.7 Å². The number of nitrogens with one attached hydrogen (secondary N) is 2. The maximum absolute atomic E-state index is 10.8. The second kappa shape index (κ2) is 13.6. The predicted molar refractivity (Wildman–Crippen MR) is 117 cm³/mol. The van der Waals surface area contributed by atoms with E-state index in [1.54, 1.807) is 19.2 Å². The maximum Gasteiger partial charge on any atom is 0.311 e. The third-order valence-corrected chi connectivity index (χ3v) is 4.17. The van der Waals surface area contributed by atoms with Crippen molar-refractivity contribution >= 4 is 17.5 Å². The molecule has 2 amide bonds. The average Bonchev–Trinajstić information content (AvgIpc) is 2.74.